The van der Waals surface area contributed by atoms with Crippen LogP contribution in [0, 0.1) is 0 Å². The molecule has 1 aliphatic rings. The van der Waals surface area contributed by atoms with Crippen LogP contribution in [0.2, 0.25) is 0 Å². The smallest absolute Gasteiger partial charge is 0.236 e. The molecule has 0 unspecified atom stereocenters. The fourth-order valence-corrected chi connectivity index (χ4v) is 6.96. The molecule has 0 N–H and O–H groups in total. The Labute approximate surface area is 150 Å². The van der Waals surface area contributed by atoms with Crippen LogP contribution in [0.25, 0.3) is 10.2 Å². The molecule has 2 aromatic rings. The molecule has 0 radical (unpaired) electrons. The average Bonchev–Trinajstić information content (AvgIpc) is 3.10. The molecule has 8 heteroatoms. The van der Waals surface area contributed by atoms with Gasteiger partial charge >= 0.3 is 0 Å². The predicted octanol–water partition coefficient (Wildman–Crippen LogP) is 2.81. The third-order valence-corrected chi connectivity index (χ3v) is 8.14. The Hall–Kier alpha value is -1.12. The standard InChI is InChI=1S/C16H20N2O3S3/c1-3-18(12-8-9-24(20,21)10-12)15(19)11(2)22-16-17-13-6-4-5-7-14(13)23-16/h4-7,11-12H,3,8-10H2,1-2H3/t11-,12-/m1/s1. The van der Waals surface area contributed by atoms with Crippen LogP contribution in [-0.4, -0.2) is 53.6 Å². The number of thiazole rings is 1. The molecule has 0 saturated carbocycles. The maximum Gasteiger partial charge on any atom is 0.236 e. The first-order chi connectivity index (χ1) is 11.4. The van der Waals surface area contributed by atoms with Gasteiger partial charge in [0.15, 0.2) is 14.2 Å². The molecule has 0 spiro atoms. The Kier molecular flexibility index (Phi) is 5.17. The number of fused-ring (bicyclic) bond motifs is 1. The minimum Gasteiger partial charge on any atom is -0.338 e. The van der Waals surface area contributed by atoms with E-state index in [1.807, 2.05) is 38.1 Å². The molecule has 1 aromatic carbocycles. The first-order valence-electron chi connectivity index (χ1n) is 7.93. The number of carbonyl (C=O) groups is 1. The molecular formula is C16H20N2O3S3. The van der Waals surface area contributed by atoms with Crippen molar-refractivity contribution in [3.05, 3.63) is 24.3 Å². The predicted molar refractivity (Wildman–Crippen MR) is 99.4 cm³/mol. The molecule has 1 saturated heterocycles. The van der Waals surface area contributed by atoms with Gasteiger partial charge in [0.05, 0.1) is 27.0 Å². The van der Waals surface area contributed by atoms with Crippen LogP contribution in [-0.2, 0) is 14.6 Å². The number of para-hydroxylation sites is 1. The molecule has 1 aromatic heterocycles. The second-order valence-electron chi connectivity index (χ2n) is 5.89. The lowest BCUT2D eigenvalue weighted by molar-refractivity contribution is -0.131. The van der Waals surface area contributed by atoms with Crippen LogP contribution in [0.3, 0.4) is 0 Å². The number of amides is 1. The Morgan fingerprint density at radius 2 is 2.21 bits per heavy atom. The van der Waals surface area contributed by atoms with Gasteiger partial charge in [0.1, 0.15) is 0 Å². The van der Waals surface area contributed by atoms with Crippen molar-refractivity contribution in [2.24, 2.45) is 0 Å². The minimum atomic E-state index is -3.00. The Bertz CT molecular complexity index is 814. The highest BCUT2D eigenvalue weighted by molar-refractivity contribution is 8.02. The lowest BCUT2D eigenvalue weighted by atomic mass is 10.2. The lowest BCUT2D eigenvalue weighted by Gasteiger charge is -2.29. The molecule has 3 rings (SSSR count). The zero-order valence-electron chi connectivity index (χ0n) is 13.6. The number of rotatable bonds is 5. The summed E-state index contributed by atoms with van der Waals surface area (Å²) in [6.45, 7) is 4.30. The van der Waals surface area contributed by atoms with E-state index in [1.54, 1.807) is 16.2 Å². The van der Waals surface area contributed by atoms with E-state index < -0.39 is 9.84 Å². The second kappa shape index (κ2) is 7.01. The summed E-state index contributed by atoms with van der Waals surface area (Å²) < 4.78 is 25.4. The molecule has 130 valence electrons. The summed E-state index contributed by atoms with van der Waals surface area (Å²) >= 11 is 3.03. The number of benzene rings is 1. The number of thioether (sulfide) groups is 1. The molecule has 2 atom stereocenters. The van der Waals surface area contributed by atoms with E-state index in [0.717, 1.165) is 14.6 Å². The Balaban J connectivity index is 1.71. The van der Waals surface area contributed by atoms with Crippen molar-refractivity contribution < 1.29 is 13.2 Å². The van der Waals surface area contributed by atoms with Gasteiger partial charge in [0.2, 0.25) is 5.91 Å². The molecule has 24 heavy (non-hydrogen) atoms. The first-order valence-corrected chi connectivity index (χ1v) is 11.4. The summed E-state index contributed by atoms with van der Waals surface area (Å²) in [6.07, 6.45) is 0.542. The van der Waals surface area contributed by atoms with E-state index in [2.05, 4.69) is 4.98 Å². The molecule has 1 aliphatic heterocycles. The average molecular weight is 385 g/mol. The number of carbonyl (C=O) groups excluding carboxylic acids is 1. The zero-order chi connectivity index (χ0) is 17.3. The number of nitrogens with zero attached hydrogens (tertiary/aromatic N) is 2. The van der Waals surface area contributed by atoms with Crippen molar-refractivity contribution in [2.75, 3.05) is 18.1 Å². The molecule has 1 amide bonds. The minimum absolute atomic E-state index is 0.0103. The van der Waals surface area contributed by atoms with Gasteiger partial charge in [-0.25, -0.2) is 13.4 Å². The van der Waals surface area contributed by atoms with Gasteiger partial charge < -0.3 is 4.90 Å². The number of hydrogen-bond donors (Lipinski definition) is 0. The molecule has 5 nitrogen and oxygen atoms in total. The SMILES string of the molecule is CCN(C(=O)[C@@H](C)Sc1nc2ccccc2s1)[C@@H]1CCS(=O)(=O)C1. The highest BCUT2D eigenvalue weighted by atomic mass is 32.2. The van der Waals surface area contributed by atoms with Gasteiger partial charge in [-0.3, -0.25) is 4.79 Å². The third-order valence-electron chi connectivity index (χ3n) is 4.17. The van der Waals surface area contributed by atoms with Crippen molar-refractivity contribution in [3.8, 4) is 0 Å². The molecule has 0 aliphatic carbocycles. The fourth-order valence-electron chi connectivity index (χ4n) is 2.95. The maximum absolute atomic E-state index is 12.8. The normalized spacial score (nSPS) is 21.0. The number of sulfone groups is 1. The summed E-state index contributed by atoms with van der Waals surface area (Å²) in [5, 5.41) is -0.284. The summed E-state index contributed by atoms with van der Waals surface area (Å²) in [6, 6.07) is 7.72. The molecule has 0 bridgehead atoms. The summed E-state index contributed by atoms with van der Waals surface area (Å²) in [4.78, 5) is 19.1. The van der Waals surface area contributed by atoms with Crippen LogP contribution < -0.4 is 0 Å². The van der Waals surface area contributed by atoms with E-state index >= 15 is 0 Å². The third kappa shape index (κ3) is 3.75. The van der Waals surface area contributed by atoms with Crippen LogP contribution in [0.4, 0.5) is 0 Å². The van der Waals surface area contributed by atoms with Gasteiger partial charge in [-0.05, 0) is 32.4 Å². The van der Waals surface area contributed by atoms with Crippen LogP contribution in [0.5, 0.6) is 0 Å². The molecule has 2 heterocycles. The fraction of sp³-hybridized carbons (Fsp3) is 0.500. The first kappa shape index (κ1) is 17.7. The van der Waals surface area contributed by atoms with Gasteiger partial charge in [0.25, 0.3) is 0 Å². The molecule has 1 fully saturated rings. The number of hydrogen-bond acceptors (Lipinski definition) is 6. The highest BCUT2D eigenvalue weighted by Crippen LogP contribution is 2.33. The van der Waals surface area contributed by atoms with Crippen molar-refractivity contribution in [1.29, 1.82) is 0 Å². The van der Waals surface area contributed by atoms with Gasteiger partial charge in [-0.1, -0.05) is 23.9 Å². The van der Waals surface area contributed by atoms with Crippen molar-refractivity contribution in [2.45, 2.75) is 35.9 Å². The molecular weight excluding hydrogens is 364 g/mol. The van der Waals surface area contributed by atoms with E-state index in [-0.39, 0.29) is 28.7 Å². The lowest BCUT2D eigenvalue weighted by Crippen LogP contribution is -2.44. The van der Waals surface area contributed by atoms with E-state index in [1.165, 1.54) is 11.8 Å². The number of aromatic nitrogens is 1. The summed E-state index contributed by atoms with van der Waals surface area (Å²) in [5.41, 5.74) is 0.943. The largest absolute Gasteiger partial charge is 0.338 e. The van der Waals surface area contributed by atoms with Crippen molar-refractivity contribution in [1.82, 2.24) is 9.88 Å². The van der Waals surface area contributed by atoms with E-state index in [9.17, 15) is 13.2 Å². The zero-order valence-corrected chi connectivity index (χ0v) is 16.1. The van der Waals surface area contributed by atoms with Gasteiger partial charge in [-0.2, -0.15) is 0 Å². The quantitative estimate of drug-likeness (QED) is 0.742. The maximum atomic E-state index is 12.8. The van der Waals surface area contributed by atoms with Crippen LogP contribution in [0.15, 0.2) is 28.6 Å². The highest BCUT2D eigenvalue weighted by Gasteiger charge is 2.35. The Morgan fingerprint density at radius 1 is 1.46 bits per heavy atom. The van der Waals surface area contributed by atoms with Crippen molar-refractivity contribution in [3.63, 3.8) is 0 Å². The Morgan fingerprint density at radius 3 is 2.83 bits per heavy atom. The van der Waals surface area contributed by atoms with Crippen LogP contribution >= 0.6 is 23.1 Å². The van der Waals surface area contributed by atoms with E-state index in [4.69, 9.17) is 0 Å². The van der Waals surface area contributed by atoms with Gasteiger partial charge in [-0.15, -0.1) is 11.3 Å². The topological polar surface area (TPSA) is 67.3 Å². The monoisotopic (exact) mass is 384 g/mol. The van der Waals surface area contributed by atoms with Crippen LogP contribution in [0.1, 0.15) is 20.3 Å². The second-order valence-corrected chi connectivity index (χ2v) is 10.7. The van der Waals surface area contributed by atoms with Gasteiger partial charge in [0, 0.05) is 12.6 Å². The van der Waals surface area contributed by atoms with E-state index in [0.29, 0.717) is 13.0 Å². The van der Waals surface area contributed by atoms with Crippen molar-refractivity contribution >= 4 is 49.1 Å². The summed E-state index contributed by atoms with van der Waals surface area (Å²) in [7, 11) is -3.00. The summed E-state index contributed by atoms with van der Waals surface area (Å²) in [5.74, 6) is 0.259.